The Morgan fingerprint density at radius 1 is 0.800 bits per heavy atom. The van der Waals surface area contributed by atoms with Crippen molar-refractivity contribution in [1.82, 2.24) is 19.4 Å². The zero-order valence-corrected chi connectivity index (χ0v) is 24.5. The van der Waals surface area contributed by atoms with E-state index in [9.17, 15) is 4.79 Å². The molecule has 1 amide bonds. The van der Waals surface area contributed by atoms with Crippen molar-refractivity contribution in [3.8, 4) is 5.69 Å². The summed E-state index contributed by atoms with van der Waals surface area (Å²) in [5, 5.41) is 0. The van der Waals surface area contributed by atoms with Crippen LogP contribution in [0.4, 0.5) is 0 Å². The molecule has 4 aromatic rings. The number of carbonyl (C=O) groups excluding carboxylic acids is 1. The molecule has 1 atom stereocenters. The third-order valence-corrected chi connectivity index (χ3v) is 8.84. The normalized spacial score (nSPS) is 18.4. The van der Waals surface area contributed by atoms with Gasteiger partial charge in [0.05, 0.1) is 17.1 Å². The lowest BCUT2D eigenvalue weighted by molar-refractivity contribution is 0.0597. The van der Waals surface area contributed by atoms with Crippen LogP contribution >= 0.6 is 0 Å². The van der Waals surface area contributed by atoms with Gasteiger partial charge in [0.2, 0.25) is 0 Å². The predicted molar refractivity (Wildman–Crippen MR) is 163 cm³/mol. The molecule has 2 aliphatic heterocycles. The first-order valence-electron chi connectivity index (χ1n) is 15.1. The van der Waals surface area contributed by atoms with E-state index in [1.807, 2.05) is 0 Å². The lowest BCUT2D eigenvalue weighted by atomic mass is 9.95. The molecule has 5 nitrogen and oxygen atoms in total. The molecule has 3 aromatic carbocycles. The summed E-state index contributed by atoms with van der Waals surface area (Å²) >= 11 is 0. The third-order valence-electron chi connectivity index (χ3n) is 8.84. The van der Waals surface area contributed by atoms with Crippen LogP contribution < -0.4 is 0 Å². The van der Waals surface area contributed by atoms with Gasteiger partial charge in [0.15, 0.2) is 0 Å². The fraction of sp³-hybridized carbons (Fsp3) is 0.429. The molecule has 1 unspecified atom stereocenters. The summed E-state index contributed by atoms with van der Waals surface area (Å²) in [5.41, 5.74) is 9.94. The number of aromatic nitrogens is 2. The SMILES string of the molecule is Cc1ccc(-n2c(C3CCCCN3C(=O)c3c(C)cc(C)cc3C)nc3cc(CN4CCCCC4)ccc32)cc1. The predicted octanol–water partition coefficient (Wildman–Crippen LogP) is 7.61. The van der Waals surface area contributed by atoms with Gasteiger partial charge in [-0.05, 0) is 114 Å². The molecule has 0 bridgehead atoms. The number of carbonyl (C=O) groups is 1. The van der Waals surface area contributed by atoms with Crippen molar-refractivity contribution in [2.45, 2.75) is 78.8 Å². The minimum absolute atomic E-state index is 0.0689. The molecular weight excluding hydrogens is 492 g/mol. The first-order valence-corrected chi connectivity index (χ1v) is 15.1. The molecule has 40 heavy (non-hydrogen) atoms. The Balaban J connectivity index is 1.44. The van der Waals surface area contributed by atoms with Crippen LogP contribution in [0.15, 0.2) is 54.6 Å². The Kier molecular flexibility index (Phi) is 7.50. The average Bonchev–Trinajstić information content (AvgIpc) is 3.32. The van der Waals surface area contributed by atoms with Crippen LogP contribution in [0, 0.1) is 27.7 Å². The van der Waals surface area contributed by atoms with Crippen LogP contribution in [0.25, 0.3) is 16.7 Å². The van der Waals surface area contributed by atoms with E-state index in [-0.39, 0.29) is 11.9 Å². The maximum atomic E-state index is 14.2. The van der Waals surface area contributed by atoms with Crippen LogP contribution in [0.3, 0.4) is 0 Å². The van der Waals surface area contributed by atoms with Crippen molar-refractivity contribution in [2.24, 2.45) is 0 Å². The second kappa shape index (κ2) is 11.2. The minimum atomic E-state index is -0.0689. The van der Waals surface area contributed by atoms with Crippen LogP contribution in [0.1, 0.15) is 88.6 Å². The summed E-state index contributed by atoms with van der Waals surface area (Å²) in [6, 6.07) is 19.7. The van der Waals surface area contributed by atoms with E-state index in [0.29, 0.717) is 0 Å². The van der Waals surface area contributed by atoms with E-state index >= 15 is 0 Å². The molecule has 2 aliphatic rings. The first-order chi connectivity index (χ1) is 19.4. The number of nitrogens with zero attached hydrogens (tertiary/aromatic N) is 4. The number of piperidine rings is 2. The number of likely N-dealkylation sites (tertiary alicyclic amines) is 2. The molecule has 0 aliphatic carbocycles. The highest BCUT2D eigenvalue weighted by molar-refractivity contribution is 5.97. The number of rotatable bonds is 5. The van der Waals surface area contributed by atoms with Crippen molar-refractivity contribution >= 4 is 16.9 Å². The number of benzene rings is 3. The number of hydrogen-bond donors (Lipinski definition) is 0. The summed E-state index contributed by atoms with van der Waals surface area (Å²) in [4.78, 5) is 24.2. The summed E-state index contributed by atoms with van der Waals surface area (Å²) in [7, 11) is 0. The summed E-state index contributed by atoms with van der Waals surface area (Å²) < 4.78 is 2.31. The van der Waals surface area contributed by atoms with E-state index in [1.54, 1.807) is 0 Å². The smallest absolute Gasteiger partial charge is 0.255 e. The molecule has 0 saturated carbocycles. The van der Waals surface area contributed by atoms with Gasteiger partial charge in [-0.3, -0.25) is 14.3 Å². The van der Waals surface area contributed by atoms with Crippen molar-refractivity contribution in [2.75, 3.05) is 19.6 Å². The number of amides is 1. The molecule has 5 heteroatoms. The van der Waals surface area contributed by atoms with E-state index in [2.05, 4.69) is 96.7 Å². The lowest BCUT2D eigenvalue weighted by Gasteiger charge is -2.36. The van der Waals surface area contributed by atoms with Gasteiger partial charge in [-0.1, -0.05) is 47.9 Å². The molecule has 2 fully saturated rings. The molecule has 0 spiro atoms. The first kappa shape index (κ1) is 26.8. The fourth-order valence-corrected chi connectivity index (χ4v) is 6.91. The zero-order chi connectivity index (χ0) is 27.8. The molecule has 0 radical (unpaired) electrons. The van der Waals surface area contributed by atoms with Crippen LogP contribution in [0.5, 0.6) is 0 Å². The summed E-state index contributed by atoms with van der Waals surface area (Å²) in [5.74, 6) is 1.11. The van der Waals surface area contributed by atoms with Gasteiger partial charge in [-0.2, -0.15) is 0 Å². The van der Waals surface area contributed by atoms with E-state index in [1.165, 1.54) is 49.0 Å². The Labute approximate surface area is 238 Å². The molecule has 6 rings (SSSR count). The molecule has 3 heterocycles. The second-order valence-corrected chi connectivity index (χ2v) is 12.1. The maximum Gasteiger partial charge on any atom is 0.255 e. The van der Waals surface area contributed by atoms with Gasteiger partial charge in [-0.25, -0.2) is 4.98 Å². The number of fused-ring (bicyclic) bond motifs is 1. The zero-order valence-electron chi connectivity index (χ0n) is 24.5. The lowest BCUT2D eigenvalue weighted by Crippen LogP contribution is -2.40. The monoisotopic (exact) mass is 534 g/mol. The van der Waals surface area contributed by atoms with E-state index < -0.39 is 0 Å². The van der Waals surface area contributed by atoms with Gasteiger partial charge < -0.3 is 4.90 Å². The van der Waals surface area contributed by atoms with Gasteiger partial charge in [0.25, 0.3) is 5.91 Å². The molecule has 2 saturated heterocycles. The summed E-state index contributed by atoms with van der Waals surface area (Å²) in [6.45, 7) is 12.4. The minimum Gasteiger partial charge on any atom is -0.328 e. The second-order valence-electron chi connectivity index (χ2n) is 12.1. The molecule has 208 valence electrons. The van der Waals surface area contributed by atoms with E-state index in [4.69, 9.17) is 4.98 Å². The Hall–Kier alpha value is -3.44. The highest BCUT2D eigenvalue weighted by Crippen LogP contribution is 2.36. The standard InChI is InChI=1S/C35H42N4O/c1-24-11-14-29(15-12-24)39-31-16-13-28(23-37-17-7-5-8-18-37)22-30(31)36-34(39)32-10-6-9-19-38(32)35(40)33-26(3)20-25(2)21-27(33)4/h11-16,20-22,32H,5-10,17-19,23H2,1-4H3. The Morgan fingerprint density at radius 2 is 1.50 bits per heavy atom. The molecule has 0 N–H and O–H groups in total. The highest BCUT2D eigenvalue weighted by Gasteiger charge is 2.34. The topological polar surface area (TPSA) is 41.4 Å². The quantitative estimate of drug-likeness (QED) is 0.265. The van der Waals surface area contributed by atoms with Crippen LogP contribution in [0.2, 0.25) is 0 Å². The average molecular weight is 535 g/mol. The summed E-state index contributed by atoms with van der Waals surface area (Å²) in [6.07, 6.45) is 6.97. The third kappa shape index (κ3) is 5.19. The van der Waals surface area contributed by atoms with Gasteiger partial charge in [-0.15, -0.1) is 0 Å². The van der Waals surface area contributed by atoms with Crippen molar-refractivity contribution in [3.05, 3.63) is 93.8 Å². The van der Waals surface area contributed by atoms with Crippen molar-refractivity contribution in [3.63, 3.8) is 0 Å². The van der Waals surface area contributed by atoms with Crippen molar-refractivity contribution in [1.29, 1.82) is 0 Å². The van der Waals surface area contributed by atoms with Gasteiger partial charge in [0, 0.05) is 24.3 Å². The Bertz CT molecular complexity index is 1500. The van der Waals surface area contributed by atoms with Gasteiger partial charge in [0.1, 0.15) is 5.82 Å². The number of hydrogen-bond acceptors (Lipinski definition) is 3. The Morgan fingerprint density at radius 3 is 2.23 bits per heavy atom. The largest absolute Gasteiger partial charge is 0.328 e. The number of aryl methyl sites for hydroxylation is 4. The van der Waals surface area contributed by atoms with Gasteiger partial charge >= 0.3 is 0 Å². The maximum absolute atomic E-state index is 14.2. The van der Waals surface area contributed by atoms with E-state index in [0.717, 1.165) is 71.6 Å². The molecule has 1 aromatic heterocycles. The number of imidazole rings is 1. The highest BCUT2D eigenvalue weighted by atomic mass is 16.2. The van der Waals surface area contributed by atoms with Crippen LogP contribution in [-0.2, 0) is 6.54 Å². The fourth-order valence-electron chi connectivity index (χ4n) is 6.91. The van der Waals surface area contributed by atoms with Crippen LogP contribution in [-0.4, -0.2) is 44.9 Å². The molecular formula is C35H42N4O. The van der Waals surface area contributed by atoms with Crippen molar-refractivity contribution < 1.29 is 4.79 Å².